The van der Waals surface area contributed by atoms with Gasteiger partial charge in [0.05, 0.1) is 0 Å². The van der Waals surface area contributed by atoms with E-state index in [0.29, 0.717) is 4.88 Å². The first-order chi connectivity index (χ1) is 9.81. The largest absolute Gasteiger partial charge is 0.479 e. The number of nitrogens with zero attached hydrogens (tertiary/aromatic N) is 1. The maximum Gasteiger partial charge on any atom is 0.331 e. The van der Waals surface area contributed by atoms with Crippen LogP contribution in [0.4, 0.5) is 4.79 Å². The fraction of sp³-hybridized carbons (Fsp3) is 0.462. The molecule has 21 heavy (non-hydrogen) atoms. The number of nitrogens with one attached hydrogen (secondary N) is 2. The Balaban J connectivity index is 2.61. The Bertz CT molecular complexity index is 502. The van der Waals surface area contributed by atoms with E-state index in [2.05, 4.69) is 10.6 Å². The maximum absolute atomic E-state index is 12.0. The van der Waals surface area contributed by atoms with E-state index < -0.39 is 18.0 Å². The summed E-state index contributed by atoms with van der Waals surface area (Å²) in [6.45, 7) is 3.49. The molecule has 0 aliphatic carbocycles. The molecule has 1 heterocycles. The quantitative estimate of drug-likeness (QED) is 0.730. The maximum atomic E-state index is 12.0. The molecule has 0 radical (unpaired) electrons. The van der Waals surface area contributed by atoms with Crippen LogP contribution in [0.25, 0.3) is 0 Å². The lowest BCUT2D eigenvalue weighted by molar-refractivity contribution is -0.139. The number of likely N-dealkylation sites (N-methyl/N-ethyl adjacent to an activating group) is 1. The molecule has 3 N–H and O–H groups in total. The Morgan fingerprint density at radius 2 is 2.00 bits per heavy atom. The van der Waals surface area contributed by atoms with Crippen LogP contribution in [-0.4, -0.2) is 47.5 Å². The second kappa shape index (κ2) is 7.63. The predicted molar refractivity (Wildman–Crippen MR) is 79.1 cm³/mol. The summed E-state index contributed by atoms with van der Waals surface area (Å²) in [6.07, 6.45) is 0. The molecule has 1 aromatic heterocycles. The number of hydrogen-bond acceptors (Lipinski definition) is 4. The van der Waals surface area contributed by atoms with Gasteiger partial charge in [-0.15, -0.1) is 11.3 Å². The summed E-state index contributed by atoms with van der Waals surface area (Å²) in [4.78, 5) is 36.4. The van der Waals surface area contributed by atoms with E-state index in [4.69, 9.17) is 0 Å². The molecule has 1 atom stereocenters. The van der Waals surface area contributed by atoms with Crippen molar-refractivity contribution in [1.82, 2.24) is 15.5 Å². The van der Waals surface area contributed by atoms with Crippen LogP contribution in [0, 0.1) is 0 Å². The summed E-state index contributed by atoms with van der Waals surface area (Å²) in [5, 5.41) is 16.0. The summed E-state index contributed by atoms with van der Waals surface area (Å²) in [5.41, 5.74) is 0. The molecular weight excluding hydrogens is 294 g/mol. The minimum atomic E-state index is -1.15. The molecule has 0 saturated heterocycles. The molecule has 1 rings (SSSR count). The molecule has 116 valence electrons. The highest BCUT2D eigenvalue weighted by Crippen LogP contribution is 2.19. The average Bonchev–Trinajstić information content (AvgIpc) is 2.87. The monoisotopic (exact) mass is 313 g/mol. The number of carbonyl (C=O) groups is 3. The van der Waals surface area contributed by atoms with Crippen molar-refractivity contribution in [1.29, 1.82) is 0 Å². The molecule has 0 aliphatic rings. The van der Waals surface area contributed by atoms with Gasteiger partial charge in [-0.2, -0.15) is 0 Å². The van der Waals surface area contributed by atoms with Crippen molar-refractivity contribution >= 4 is 29.2 Å². The zero-order chi connectivity index (χ0) is 16.0. The molecular formula is C13H19N3O4S. The average molecular weight is 313 g/mol. The third kappa shape index (κ3) is 5.42. The van der Waals surface area contributed by atoms with E-state index >= 15 is 0 Å². The number of carboxylic acid groups (broad SMARTS) is 1. The lowest BCUT2D eigenvalue weighted by Crippen LogP contribution is -2.46. The van der Waals surface area contributed by atoms with E-state index in [1.54, 1.807) is 17.5 Å². The zero-order valence-electron chi connectivity index (χ0n) is 12.1. The van der Waals surface area contributed by atoms with E-state index in [1.807, 2.05) is 13.8 Å². The van der Waals surface area contributed by atoms with Crippen LogP contribution in [0.3, 0.4) is 0 Å². The van der Waals surface area contributed by atoms with Crippen LogP contribution in [0.15, 0.2) is 17.5 Å². The van der Waals surface area contributed by atoms with Crippen molar-refractivity contribution in [2.45, 2.75) is 25.9 Å². The minimum absolute atomic E-state index is 0.0214. The minimum Gasteiger partial charge on any atom is -0.479 e. The number of amides is 3. The molecule has 7 nitrogen and oxygen atoms in total. The number of thiophene rings is 1. The second-order valence-electron chi connectivity index (χ2n) is 4.81. The number of carbonyl (C=O) groups excluding carboxylic acids is 2. The van der Waals surface area contributed by atoms with E-state index in [9.17, 15) is 19.5 Å². The van der Waals surface area contributed by atoms with E-state index in [-0.39, 0.29) is 18.5 Å². The van der Waals surface area contributed by atoms with Crippen molar-refractivity contribution in [2.24, 2.45) is 0 Å². The third-order valence-electron chi connectivity index (χ3n) is 2.52. The van der Waals surface area contributed by atoms with Crippen molar-refractivity contribution in [3.8, 4) is 0 Å². The third-order valence-corrected chi connectivity index (χ3v) is 3.46. The van der Waals surface area contributed by atoms with Crippen molar-refractivity contribution in [3.63, 3.8) is 0 Å². The van der Waals surface area contributed by atoms with Crippen molar-refractivity contribution in [3.05, 3.63) is 22.4 Å². The second-order valence-corrected chi connectivity index (χ2v) is 5.79. The Kier molecular flexibility index (Phi) is 6.16. The highest BCUT2D eigenvalue weighted by Gasteiger charge is 2.25. The predicted octanol–water partition coefficient (Wildman–Crippen LogP) is 1.04. The normalized spacial score (nSPS) is 11.8. The Hall–Kier alpha value is -2.09. The van der Waals surface area contributed by atoms with E-state index in [1.165, 1.54) is 18.4 Å². The highest BCUT2D eigenvalue weighted by atomic mass is 32.1. The molecule has 0 aromatic carbocycles. The topological polar surface area (TPSA) is 98.7 Å². The number of hydrogen-bond donors (Lipinski definition) is 3. The summed E-state index contributed by atoms with van der Waals surface area (Å²) >= 11 is 1.24. The van der Waals surface area contributed by atoms with Crippen molar-refractivity contribution in [2.75, 3.05) is 13.6 Å². The number of aliphatic carboxylic acids is 1. The molecule has 1 unspecified atom stereocenters. The Morgan fingerprint density at radius 3 is 2.48 bits per heavy atom. The van der Waals surface area contributed by atoms with Crippen LogP contribution in [0.1, 0.15) is 24.8 Å². The number of carboxylic acids is 1. The molecule has 8 heteroatoms. The molecule has 1 aromatic rings. The van der Waals surface area contributed by atoms with Gasteiger partial charge in [0.1, 0.15) is 6.54 Å². The molecule has 0 spiro atoms. The van der Waals surface area contributed by atoms with Gasteiger partial charge in [-0.25, -0.2) is 9.59 Å². The first-order valence-corrected chi connectivity index (χ1v) is 7.26. The van der Waals surface area contributed by atoms with Gasteiger partial charge >= 0.3 is 12.0 Å². The fourth-order valence-corrected chi connectivity index (χ4v) is 2.37. The summed E-state index contributed by atoms with van der Waals surface area (Å²) in [5.74, 6) is -1.45. The summed E-state index contributed by atoms with van der Waals surface area (Å²) in [7, 11) is 1.43. The highest BCUT2D eigenvalue weighted by molar-refractivity contribution is 7.10. The van der Waals surface area contributed by atoms with Gasteiger partial charge < -0.3 is 20.6 Å². The van der Waals surface area contributed by atoms with Crippen molar-refractivity contribution < 1.29 is 19.5 Å². The van der Waals surface area contributed by atoms with Crippen LogP contribution in [0.2, 0.25) is 0 Å². The number of rotatable bonds is 6. The van der Waals surface area contributed by atoms with E-state index in [0.717, 1.165) is 4.90 Å². The van der Waals surface area contributed by atoms with Gasteiger partial charge in [0.15, 0.2) is 6.04 Å². The standard InChI is InChI=1S/C13H19N3O4S/c1-8(2)14-10(17)7-16(3)13(20)15-11(12(18)19)9-5-4-6-21-9/h4-6,8,11H,7H2,1-3H3,(H,14,17)(H,15,20)(H,18,19). The molecule has 3 amide bonds. The summed E-state index contributed by atoms with van der Waals surface area (Å²) in [6, 6.07) is 1.59. The molecule has 0 bridgehead atoms. The molecule has 0 saturated carbocycles. The summed E-state index contributed by atoms with van der Waals surface area (Å²) < 4.78 is 0. The first-order valence-electron chi connectivity index (χ1n) is 6.38. The van der Waals surface area contributed by atoms with Gasteiger partial charge in [-0.1, -0.05) is 6.07 Å². The van der Waals surface area contributed by atoms with Crippen LogP contribution >= 0.6 is 11.3 Å². The first kappa shape index (κ1) is 17.0. The van der Waals surface area contributed by atoms with Crippen LogP contribution in [0.5, 0.6) is 0 Å². The van der Waals surface area contributed by atoms with Gasteiger partial charge in [0, 0.05) is 18.0 Å². The van der Waals surface area contributed by atoms with Crippen LogP contribution in [-0.2, 0) is 9.59 Å². The molecule has 0 fully saturated rings. The van der Waals surface area contributed by atoms with Gasteiger partial charge in [-0.05, 0) is 25.3 Å². The lowest BCUT2D eigenvalue weighted by atomic mass is 10.2. The smallest absolute Gasteiger partial charge is 0.331 e. The van der Waals surface area contributed by atoms with Gasteiger partial charge in [0.2, 0.25) is 5.91 Å². The van der Waals surface area contributed by atoms with Crippen LogP contribution < -0.4 is 10.6 Å². The number of urea groups is 1. The van der Waals surface area contributed by atoms with Gasteiger partial charge in [-0.3, -0.25) is 4.79 Å². The SMILES string of the molecule is CC(C)NC(=O)CN(C)C(=O)NC(C(=O)O)c1cccs1. The van der Waals surface area contributed by atoms with Gasteiger partial charge in [0.25, 0.3) is 0 Å². The fourth-order valence-electron chi connectivity index (χ4n) is 1.60. The molecule has 0 aliphatic heterocycles. The Labute approximate surface area is 126 Å². The Morgan fingerprint density at radius 1 is 1.33 bits per heavy atom. The zero-order valence-corrected chi connectivity index (χ0v) is 12.9. The lowest BCUT2D eigenvalue weighted by Gasteiger charge is -2.21.